The van der Waals surface area contributed by atoms with Crippen molar-refractivity contribution in [2.45, 2.75) is 11.4 Å². The number of methoxy groups -OCH3 is 1. The number of fused-ring (bicyclic) bond motifs is 1. The number of amides is 2. The molecule has 1 fully saturated rings. The zero-order chi connectivity index (χ0) is 19.7. The van der Waals surface area contributed by atoms with E-state index in [0.29, 0.717) is 0 Å². The van der Waals surface area contributed by atoms with Gasteiger partial charge in [0.1, 0.15) is 35.7 Å². The van der Waals surface area contributed by atoms with Gasteiger partial charge < -0.3 is 30.5 Å². The van der Waals surface area contributed by atoms with Crippen LogP contribution in [0.25, 0.3) is 0 Å². The molecule has 0 spiro atoms. The van der Waals surface area contributed by atoms with Crippen molar-refractivity contribution in [2.75, 3.05) is 25.7 Å². The largest absolute Gasteiger partial charge is 1.00 e. The molecule has 3 rings (SSSR count). The van der Waals surface area contributed by atoms with E-state index in [1.54, 1.807) is 0 Å². The van der Waals surface area contributed by atoms with Crippen LogP contribution in [0.1, 0.15) is 5.69 Å². The molecule has 1 unspecified atom stereocenters. The molecule has 0 saturated carbocycles. The molecule has 144 valence electrons. The van der Waals surface area contributed by atoms with Crippen LogP contribution >= 0.6 is 23.1 Å². The number of carbonyl (C=O) groups is 3. The third-order valence-corrected chi connectivity index (χ3v) is 5.75. The maximum Gasteiger partial charge on any atom is 1.00 e. The Bertz CT molecular complexity index is 872. The van der Waals surface area contributed by atoms with E-state index >= 15 is 0 Å². The summed E-state index contributed by atoms with van der Waals surface area (Å²) in [6, 6.07) is -0.937. The number of anilines is 1. The fourth-order valence-corrected chi connectivity index (χ4v) is 4.50. The van der Waals surface area contributed by atoms with E-state index in [2.05, 4.69) is 20.3 Å². The van der Waals surface area contributed by atoms with Gasteiger partial charge in [-0.2, -0.15) is 0 Å². The number of aromatic nitrogens is 1. The van der Waals surface area contributed by atoms with Gasteiger partial charge >= 0.3 is 29.6 Å². The van der Waals surface area contributed by atoms with Crippen molar-refractivity contribution in [3.05, 3.63) is 22.5 Å². The van der Waals surface area contributed by atoms with Gasteiger partial charge in [-0.25, -0.2) is 4.98 Å². The van der Waals surface area contributed by atoms with Crippen molar-refractivity contribution in [2.24, 2.45) is 5.16 Å². The summed E-state index contributed by atoms with van der Waals surface area (Å²) in [6.07, 6.45) is 0. The molecule has 2 aliphatic heterocycles. The van der Waals surface area contributed by atoms with E-state index in [1.807, 2.05) is 0 Å². The zero-order valence-electron chi connectivity index (χ0n) is 15.1. The topological polar surface area (TPSA) is 159 Å². The number of carboxylic acids is 1. The van der Waals surface area contributed by atoms with Crippen LogP contribution < -0.4 is 45.7 Å². The molecular weight excluding hydrogens is 421 g/mol. The fourth-order valence-electron chi connectivity index (χ4n) is 2.64. The maximum atomic E-state index is 12.6. The quantitative estimate of drug-likeness (QED) is 0.193. The number of carboxylic acid groups (broad SMARTS) is 1. The molecule has 0 bridgehead atoms. The van der Waals surface area contributed by atoms with Crippen LogP contribution in [0.15, 0.2) is 22.0 Å². The summed E-state index contributed by atoms with van der Waals surface area (Å²) in [5.41, 5.74) is 5.30. The van der Waals surface area contributed by atoms with Crippen LogP contribution in [0, 0.1) is 0 Å². The Balaban J connectivity index is 0.00000280. The standard InChI is InChI=1S/C14H15N5O6S2.Na/c1-24-6-4-26-12-8(11(21)19(12)9(6)13(22)23)17-10(20)7(18-25-2)5-3-27-14(15)16-5;/h3,8,12H,4H2,1-2H3,(H2,15,16)(H,17,20)(H,22,23);/q;+1/p-1/t8?,12-;/m1./s1. The van der Waals surface area contributed by atoms with Crippen molar-refractivity contribution in [1.82, 2.24) is 15.2 Å². The number of nitrogens with one attached hydrogen (secondary N) is 1. The van der Waals surface area contributed by atoms with E-state index in [4.69, 9.17) is 10.5 Å². The third-order valence-electron chi connectivity index (χ3n) is 3.82. The third kappa shape index (κ3) is 3.98. The number of hydrogen-bond acceptors (Lipinski definition) is 11. The van der Waals surface area contributed by atoms with E-state index in [1.165, 1.54) is 31.4 Å². The number of ether oxygens (including phenoxy) is 1. The van der Waals surface area contributed by atoms with E-state index < -0.39 is 29.2 Å². The molecule has 1 aromatic rings. The molecule has 1 saturated heterocycles. The number of oxime groups is 1. The van der Waals surface area contributed by atoms with E-state index in [-0.39, 0.29) is 63.3 Å². The molecule has 14 heteroatoms. The number of carbonyl (C=O) groups excluding carboxylic acids is 3. The molecule has 0 radical (unpaired) electrons. The zero-order valence-corrected chi connectivity index (χ0v) is 18.8. The van der Waals surface area contributed by atoms with Gasteiger partial charge in [-0.05, 0) is 0 Å². The molecular formula is C14H14N5NaO6S2. The van der Waals surface area contributed by atoms with Gasteiger partial charge in [0.2, 0.25) is 0 Å². The Morgan fingerprint density at radius 3 is 2.71 bits per heavy atom. The number of nitrogens with zero attached hydrogens (tertiary/aromatic N) is 3. The van der Waals surface area contributed by atoms with Gasteiger partial charge in [0.05, 0.1) is 18.8 Å². The minimum absolute atomic E-state index is 0. The average molecular weight is 435 g/mol. The molecule has 11 nitrogen and oxygen atoms in total. The average Bonchev–Trinajstić information content (AvgIpc) is 3.08. The van der Waals surface area contributed by atoms with Gasteiger partial charge in [0.15, 0.2) is 10.8 Å². The second kappa shape index (κ2) is 9.13. The second-order valence-corrected chi connectivity index (χ2v) is 7.31. The SMILES string of the molecule is CON=C(C(=O)NC1C(=O)N2C(C(=O)[O-])=C(OC)CS[C@H]12)c1csc(N)n1.[Na+]. The molecule has 2 atom stereocenters. The Hall–Kier alpha value is -1.80. The maximum absolute atomic E-state index is 12.6. The molecule has 28 heavy (non-hydrogen) atoms. The summed E-state index contributed by atoms with van der Waals surface area (Å²) >= 11 is 2.38. The molecule has 2 aliphatic rings. The Labute approximate surface area is 189 Å². The first kappa shape index (κ1) is 22.5. The van der Waals surface area contributed by atoms with Gasteiger partial charge in [0, 0.05) is 5.38 Å². The first-order valence-electron chi connectivity index (χ1n) is 7.45. The monoisotopic (exact) mass is 435 g/mol. The number of β-lactam (4-membered cyclic amide) rings is 1. The number of thiazole rings is 1. The Morgan fingerprint density at radius 1 is 1.46 bits per heavy atom. The van der Waals surface area contributed by atoms with Crippen LogP contribution in [-0.4, -0.2) is 64.8 Å². The van der Waals surface area contributed by atoms with Gasteiger partial charge in [0.25, 0.3) is 11.8 Å². The smallest absolute Gasteiger partial charge is 0.543 e. The van der Waals surface area contributed by atoms with Crippen molar-refractivity contribution in [3.63, 3.8) is 0 Å². The molecule has 0 aliphatic carbocycles. The molecule has 2 amide bonds. The second-order valence-electron chi connectivity index (χ2n) is 5.32. The molecule has 3 heterocycles. The number of hydrogen-bond donors (Lipinski definition) is 2. The molecule has 0 aromatic carbocycles. The number of thioether (sulfide) groups is 1. The number of rotatable bonds is 6. The predicted molar refractivity (Wildman–Crippen MR) is 94.1 cm³/mol. The summed E-state index contributed by atoms with van der Waals surface area (Å²) in [5, 5.41) is 18.7. The van der Waals surface area contributed by atoms with Crippen molar-refractivity contribution in [3.8, 4) is 0 Å². The predicted octanol–water partition coefficient (Wildman–Crippen LogP) is -4.91. The van der Waals surface area contributed by atoms with Gasteiger partial charge in [-0.15, -0.1) is 23.1 Å². The summed E-state index contributed by atoms with van der Waals surface area (Å²) < 4.78 is 5.01. The number of nitrogen functional groups attached to an aromatic ring is 1. The van der Waals surface area contributed by atoms with Crippen molar-refractivity contribution < 1.29 is 58.6 Å². The van der Waals surface area contributed by atoms with Crippen LogP contribution in [0.4, 0.5) is 5.13 Å². The van der Waals surface area contributed by atoms with Crippen LogP contribution in [0.5, 0.6) is 0 Å². The fraction of sp³-hybridized carbons (Fsp3) is 0.357. The first-order valence-corrected chi connectivity index (χ1v) is 9.38. The molecule has 3 N–H and O–H groups in total. The summed E-state index contributed by atoms with van der Waals surface area (Å²) in [4.78, 5) is 46.1. The first-order chi connectivity index (χ1) is 12.9. The summed E-state index contributed by atoms with van der Waals surface area (Å²) in [6.45, 7) is 0. The van der Waals surface area contributed by atoms with Crippen LogP contribution in [0.3, 0.4) is 0 Å². The number of nitrogens with two attached hydrogens (primary N) is 1. The normalized spacial score (nSPS) is 21.3. The van der Waals surface area contributed by atoms with Gasteiger partial charge in [-0.1, -0.05) is 5.16 Å². The molecule has 1 aromatic heterocycles. The van der Waals surface area contributed by atoms with Crippen LogP contribution in [0.2, 0.25) is 0 Å². The van der Waals surface area contributed by atoms with Crippen molar-refractivity contribution >= 4 is 51.7 Å². The minimum Gasteiger partial charge on any atom is -0.543 e. The Kier molecular flexibility index (Phi) is 7.33. The number of aliphatic carboxylic acids is 1. The Morgan fingerprint density at radius 2 is 2.18 bits per heavy atom. The van der Waals surface area contributed by atoms with Crippen LogP contribution in [-0.2, 0) is 24.0 Å². The summed E-state index contributed by atoms with van der Waals surface area (Å²) in [7, 11) is 2.58. The van der Waals surface area contributed by atoms with Crippen molar-refractivity contribution in [1.29, 1.82) is 0 Å². The van der Waals surface area contributed by atoms with Gasteiger partial charge in [-0.3, -0.25) is 14.5 Å². The summed E-state index contributed by atoms with van der Waals surface area (Å²) in [5.74, 6) is -2.45. The van der Waals surface area contributed by atoms with E-state index in [9.17, 15) is 19.5 Å². The van der Waals surface area contributed by atoms with E-state index in [0.717, 1.165) is 16.2 Å². The minimum atomic E-state index is -1.52.